The smallest absolute Gasteiger partial charge is 0.194 e. The van der Waals surface area contributed by atoms with Crippen molar-refractivity contribution in [3.05, 3.63) is 48.0 Å². The van der Waals surface area contributed by atoms with Crippen molar-refractivity contribution in [3.63, 3.8) is 0 Å². The zero-order valence-electron chi connectivity index (χ0n) is 12.1. The molecule has 0 saturated heterocycles. The molecule has 0 saturated carbocycles. The lowest BCUT2D eigenvalue weighted by Gasteiger charge is -2.05. The van der Waals surface area contributed by atoms with Crippen LogP contribution in [0, 0.1) is 6.92 Å². The molecule has 0 unspecified atom stereocenters. The second-order valence-corrected chi connectivity index (χ2v) is 5.61. The molecule has 0 amide bonds. The van der Waals surface area contributed by atoms with Gasteiger partial charge in [-0.2, -0.15) is 0 Å². The zero-order chi connectivity index (χ0) is 14.7. The van der Waals surface area contributed by atoms with E-state index in [1.165, 1.54) is 11.8 Å². The van der Waals surface area contributed by atoms with E-state index >= 15 is 0 Å². The summed E-state index contributed by atoms with van der Waals surface area (Å²) in [4.78, 5) is 13.4. The summed E-state index contributed by atoms with van der Waals surface area (Å²) in [6.07, 6.45) is 3.82. The maximum absolute atomic E-state index is 4.70. The molecular formula is C15H17N5S. The number of nitrogens with zero attached hydrogens (tertiary/aromatic N) is 4. The summed E-state index contributed by atoms with van der Waals surface area (Å²) in [5.41, 5.74) is 3.05. The molecule has 3 aromatic heterocycles. The molecule has 0 radical (unpaired) electrons. The Morgan fingerprint density at radius 1 is 1.24 bits per heavy atom. The molecule has 5 nitrogen and oxygen atoms in total. The summed E-state index contributed by atoms with van der Waals surface area (Å²) in [5, 5.41) is 5.05. The van der Waals surface area contributed by atoms with Gasteiger partial charge in [-0.05, 0) is 43.4 Å². The molecule has 3 heterocycles. The van der Waals surface area contributed by atoms with Crippen molar-refractivity contribution < 1.29 is 0 Å². The maximum atomic E-state index is 4.70. The van der Waals surface area contributed by atoms with Gasteiger partial charge in [0.15, 0.2) is 5.16 Å². The number of hydrogen-bond donors (Lipinski definition) is 1. The minimum atomic E-state index is 0.733. The maximum Gasteiger partial charge on any atom is 0.194 e. The number of rotatable bonds is 5. The molecule has 6 heteroatoms. The van der Waals surface area contributed by atoms with Gasteiger partial charge in [0.2, 0.25) is 0 Å². The van der Waals surface area contributed by atoms with Crippen LogP contribution in [0.5, 0.6) is 0 Å². The van der Waals surface area contributed by atoms with Crippen LogP contribution in [0.3, 0.4) is 0 Å². The molecule has 0 aromatic carbocycles. The molecule has 21 heavy (non-hydrogen) atoms. The third-order valence-corrected chi connectivity index (χ3v) is 3.99. The SMILES string of the molecule is CCNCc1c(Sc2nccc(C)n2)nc2ccccn12. The van der Waals surface area contributed by atoms with E-state index in [1.807, 2.05) is 37.4 Å². The highest BCUT2D eigenvalue weighted by Crippen LogP contribution is 2.28. The highest BCUT2D eigenvalue weighted by molar-refractivity contribution is 7.99. The number of imidazole rings is 1. The van der Waals surface area contributed by atoms with E-state index in [4.69, 9.17) is 4.98 Å². The van der Waals surface area contributed by atoms with Gasteiger partial charge < -0.3 is 9.72 Å². The van der Waals surface area contributed by atoms with Gasteiger partial charge in [0, 0.05) is 24.6 Å². The van der Waals surface area contributed by atoms with Gasteiger partial charge in [-0.3, -0.25) is 0 Å². The highest BCUT2D eigenvalue weighted by Gasteiger charge is 2.14. The lowest BCUT2D eigenvalue weighted by Crippen LogP contribution is -2.14. The Bertz CT molecular complexity index is 753. The Morgan fingerprint density at radius 3 is 2.95 bits per heavy atom. The van der Waals surface area contributed by atoms with Gasteiger partial charge >= 0.3 is 0 Å². The van der Waals surface area contributed by atoms with Crippen LogP contribution in [0.25, 0.3) is 5.65 Å². The highest BCUT2D eigenvalue weighted by atomic mass is 32.2. The van der Waals surface area contributed by atoms with E-state index in [0.29, 0.717) is 0 Å². The first-order valence-electron chi connectivity index (χ1n) is 6.92. The standard InChI is InChI=1S/C15H17N5S/c1-3-16-10-12-14(19-13-6-4-5-9-20(12)13)21-15-17-8-7-11(2)18-15/h4-9,16H,3,10H2,1-2H3. The first kappa shape index (κ1) is 14.0. The fourth-order valence-electron chi connectivity index (χ4n) is 2.07. The van der Waals surface area contributed by atoms with E-state index in [2.05, 4.69) is 26.6 Å². The van der Waals surface area contributed by atoms with Crippen molar-refractivity contribution in [2.75, 3.05) is 6.54 Å². The third-order valence-electron chi connectivity index (χ3n) is 3.10. The summed E-state index contributed by atoms with van der Waals surface area (Å²) in [6.45, 7) is 5.76. The number of fused-ring (bicyclic) bond motifs is 1. The predicted molar refractivity (Wildman–Crippen MR) is 83.5 cm³/mol. The van der Waals surface area contributed by atoms with Crippen LogP contribution in [-0.4, -0.2) is 25.9 Å². The van der Waals surface area contributed by atoms with Gasteiger partial charge in [-0.15, -0.1) is 0 Å². The first-order valence-corrected chi connectivity index (χ1v) is 7.73. The normalized spacial score (nSPS) is 11.1. The Balaban J connectivity index is 2.00. The van der Waals surface area contributed by atoms with Crippen molar-refractivity contribution in [1.82, 2.24) is 24.7 Å². The fraction of sp³-hybridized carbons (Fsp3) is 0.267. The minimum absolute atomic E-state index is 0.733. The Labute approximate surface area is 127 Å². The molecular weight excluding hydrogens is 282 g/mol. The van der Waals surface area contributed by atoms with Crippen molar-refractivity contribution in [3.8, 4) is 0 Å². The molecule has 3 rings (SSSR count). The molecule has 0 atom stereocenters. The Morgan fingerprint density at radius 2 is 2.14 bits per heavy atom. The number of pyridine rings is 1. The minimum Gasteiger partial charge on any atom is -0.311 e. The summed E-state index contributed by atoms with van der Waals surface area (Å²) in [5.74, 6) is 0. The lowest BCUT2D eigenvalue weighted by atomic mass is 10.4. The Hall–Kier alpha value is -1.92. The van der Waals surface area contributed by atoms with Crippen LogP contribution in [0.4, 0.5) is 0 Å². The van der Waals surface area contributed by atoms with Gasteiger partial charge in [-0.1, -0.05) is 13.0 Å². The van der Waals surface area contributed by atoms with Crippen LogP contribution in [0.15, 0.2) is 46.8 Å². The quantitative estimate of drug-likeness (QED) is 0.734. The predicted octanol–water partition coefficient (Wildman–Crippen LogP) is 2.69. The molecule has 108 valence electrons. The van der Waals surface area contributed by atoms with E-state index < -0.39 is 0 Å². The van der Waals surface area contributed by atoms with E-state index in [-0.39, 0.29) is 0 Å². The molecule has 3 aromatic rings. The Kier molecular flexibility index (Phi) is 4.17. The summed E-state index contributed by atoms with van der Waals surface area (Å²) in [6, 6.07) is 7.92. The molecule has 0 fully saturated rings. The molecule has 0 aliphatic carbocycles. The largest absolute Gasteiger partial charge is 0.311 e. The van der Waals surface area contributed by atoms with Gasteiger partial charge in [0.1, 0.15) is 10.7 Å². The van der Waals surface area contributed by atoms with Gasteiger partial charge in [-0.25, -0.2) is 15.0 Å². The summed E-state index contributed by atoms with van der Waals surface area (Å²) in [7, 11) is 0. The van der Waals surface area contributed by atoms with E-state index in [9.17, 15) is 0 Å². The second kappa shape index (κ2) is 6.24. The summed E-state index contributed by atoms with van der Waals surface area (Å²) >= 11 is 1.51. The second-order valence-electron chi connectivity index (χ2n) is 4.66. The molecule has 0 bridgehead atoms. The van der Waals surface area contributed by atoms with Gasteiger partial charge in [0.05, 0.1) is 5.69 Å². The van der Waals surface area contributed by atoms with Crippen molar-refractivity contribution in [2.24, 2.45) is 0 Å². The van der Waals surface area contributed by atoms with Crippen molar-refractivity contribution in [1.29, 1.82) is 0 Å². The molecule has 1 N–H and O–H groups in total. The fourth-order valence-corrected chi connectivity index (χ4v) is 2.98. The van der Waals surface area contributed by atoms with Gasteiger partial charge in [0.25, 0.3) is 0 Å². The van der Waals surface area contributed by atoms with Crippen LogP contribution < -0.4 is 5.32 Å². The first-order chi connectivity index (χ1) is 10.3. The average molecular weight is 299 g/mol. The van der Waals surface area contributed by atoms with Crippen LogP contribution >= 0.6 is 11.8 Å². The third kappa shape index (κ3) is 3.06. The van der Waals surface area contributed by atoms with Crippen molar-refractivity contribution >= 4 is 17.4 Å². The monoisotopic (exact) mass is 299 g/mol. The number of nitrogens with one attached hydrogen (secondary N) is 1. The van der Waals surface area contributed by atoms with Crippen molar-refractivity contribution in [2.45, 2.75) is 30.6 Å². The number of aryl methyl sites for hydroxylation is 1. The van der Waals surface area contributed by atoms with Crippen LogP contribution in [0.1, 0.15) is 18.3 Å². The van der Waals surface area contributed by atoms with Crippen LogP contribution in [-0.2, 0) is 6.54 Å². The zero-order valence-corrected chi connectivity index (χ0v) is 12.9. The molecule has 0 spiro atoms. The number of aromatic nitrogens is 4. The topological polar surface area (TPSA) is 55.1 Å². The lowest BCUT2D eigenvalue weighted by molar-refractivity contribution is 0.693. The van der Waals surface area contributed by atoms with Crippen LogP contribution in [0.2, 0.25) is 0 Å². The number of hydrogen-bond acceptors (Lipinski definition) is 5. The van der Waals surface area contributed by atoms with E-state index in [0.717, 1.165) is 40.3 Å². The summed E-state index contributed by atoms with van der Waals surface area (Å²) < 4.78 is 2.11. The molecule has 0 aliphatic rings. The molecule has 0 aliphatic heterocycles. The average Bonchev–Trinajstić information content (AvgIpc) is 2.82. The van der Waals surface area contributed by atoms with E-state index in [1.54, 1.807) is 6.20 Å².